The van der Waals surface area contributed by atoms with Gasteiger partial charge in [-0.2, -0.15) is 0 Å². The number of fused-ring (bicyclic) bond motifs is 1. The summed E-state index contributed by atoms with van der Waals surface area (Å²) >= 11 is 1.60. The van der Waals surface area contributed by atoms with Crippen LogP contribution in [0.3, 0.4) is 0 Å². The van der Waals surface area contributed by atoms with E-state index in [0.29, 0.717) is 6.10 Å². The van der Waals surface area contributed by atoms with E-state index in [2.05, 4.69) is 56.2 Å². The number of rotatable bonds is 12. The van der Waals surface area contributed by atoms with Crippen molar-refractivity contribution in [1.82, 2.24) is 4.98 Å². The standard InChI is InChI=1S/C26H34N2OS.C3H8.H2/c1-4-7-9-10-11-12-14-23-17-21-15-16-22(18-25(21)29-23)27-26-28-24(19-30-26)20(6-3)13-8-5-2;1-3-2;/h5-6,8,13,15-16,18-19,23H,3-4,7,9-12,14,17H2,1-2H3,(H,27,28);3H2,1-2H3;1H/b8-5-,20-13+;;. The fourth-order valence-corrected chi connectivity index (χ4v) is 4.48. The Bertz CT molecular complexity index is 903. The number of nitrogens with one attached hydrogen (secondary N) is 1. The molecule has 1 aromatic carbocycles. The Balaban J connectivity index is 0.00000137. The lowest BCUT2D eigenvalue weighted by molar-refractivity contribution is 0.216. The van der Waals surface area contributed by atoms with E-state index in [1.807, 2.05) is 31.2 Å². The second-order valence-corrected chi connectivity index (χ2v) is 9.40. The summed E-state index contributed by atoms with van der Waals surface area (Å²) in [6.45, 7) is 12.4. The van der Waals surface area contributed by atoms with Gasteiger partial charge < -0.3 is 10.1 Å². The molecule has 1 aliphatic rings. The number of nitrogens with zero attached hydrogens (tertiary/aromatic N) is 1. The Labute approximate surface area is 207 Å². The van der Waals surface area contributed by atoms with Crippen LogP contribution in [0.25, 0.3) is 5.57 Å². The minimum atomic E-state index is 0. The van der Waals surface area contributed by atoms with Gasteiger partial charge in [-0.15, -0.1) is 11.3 Å². The number of hydrogen-bond acceptors (Lipinski definition) is 4. The van der Waals surface area contributed by atoms with Crippen molar-refractivity contribution in [2.45, 2.75) is 91.6 Å². The van der Waals surface area contributed by atoms with Crippen LogP contribution in [-0.2, 0) is 6.42 Å². The molecule has 0 amide bonds. The summed E-state index contributed by atoms with van der Waals surface area (Å²) in [6.07, 6.45) is 19.6. The molecule has 1 aliphatic heterocycles. The van der Waals surface area contributed by atoms with Crippen LogP contribution in [0, 0.1) is 0 Å². The van der Waals surface area contributed by atoms with Crippen molar-refractivity contribution in [2.75, 3.05) is 5.32 Å². The fraction of sp³-hybridized carbons (Fsp3) is 0.483. The highest BCUT2D eigenvalue weighted by atomic mass is 32.1. The molecule has 0 fully saturated rings. The molecular formula is C29H44N2OS. The second-order valence-electron chi connectivity index (χ2n) is 8.54. The van der Waals surface area contributed by atoms with E-state index in [1.54, 1.807) is 11.3 Å². The van der Waals surface area contributed by atoms with E-state index in [9.17, 15) is 0 Å². The molecule has 0 saturated heterocycles. The SMILES string of the molecule is C=C/C(=C\C=C/C)c1csc(Nc2ccc3c(c2)OC(CCCCCCCC)C3)n1.CCC.[HH]. The van der Waals surface area contributed by atoms with Crippen molar-refractivity contribution in [3.8, 4) is 5.75 Å². The van der Waals surface area contributed by atoms with Gasteiger partial charge in [-0.3, -0.25) is 0 Å². The summed E-state index contributed by atoms with van der Waals surface area (Å²) in [4.78, 5) is 4.70. The topological polar surface area (TPSA) is 34.1 Å². The average molecular weight is 469 g/mol. The van der Waals surface area contributed by atoms with E-state index in [-0.39, 0.29) is 1.43 Å². The summed E-state index contributed by atoms with van der Waals surface area (Å²) in [7, 11) is 0. The average Bonchev–Trinajstić information content (AvgIpc) is 3.44. The van der Waals surface area contributed by atoms with Crippen molar-refractivity contribution < 1.29 is 6.16 Å². The van der Waals surface area contributed by atoms with E-state index in [1.165, 1.54) is 50.5 Å². The van der Waals surface area contributed by atoms with Crippen molar-refractivity contribution in [2.24, 2.45) is 0 Å². The smallest absolute Gasteiger partial charge is 0.187 e. The molecule has 0 saturated carbocycles. The van der Waals surface area contributed by atoms with Gasteiger partial charge in [0.2, 0.25) is 0 Å². The molecule has 0 bridgehead atoms. The highest BCUT2D eigenvalue weighted by Crippen LogP contribution is 2.35. The van der Waals surface area contributed by atoms with E-state index in [4.69, 9.17) is 9.72 Å². The zero-order valence-corrected chi connectivity index (χ0v) is 21.8. The van der Waals surface area contributed by atoms with Crippen LogP contribution in [0.5, 0.6) is 5.75 Å². The van der Waals surface area contributed by atoms with Crippen molar-refractivity contribution in [3.05, 3.63) is 65.7 Å². The summed E-state index contributed by atoms with van der Waals surface area (Å²) in [5.41, 5.74) is 4.30. The molecule has 0 spiro atoms. The number of hydrogen-bond donors (Lipinski definition) is 1. The van der Waals surface area contributed by atoms with E-state index >= 15 is 0 Å². The van der Waals surface area contributed by atoms with Crippen LogP contribution in [0.2, 0.25) is 0 Å². The first-order valence-corrected chi connectivity index (χ1v) is 13.5. The van der Waals surface area contributed by atoms with Gasteiger partial charge in [-0.25, -0.2) is 4.98 Å². The lowest BCUT2D eigenvalue weighted by Gasteiger charge is -2.10. The Morgan fingerprint density at radius 3 is 2.70 bits per heavy atom. The molecule has 1 atom stereocenters. The van der Waals surface area contributed by atoms with Gasteiger partial charge in [0.1, 0.15) is 11.9 Å². The maximum absolute atomic E-state index is 6.23. The number of allylic oxidation sites excluding steroid dienone is 5. The first-order valence-electron chi connectivity index (χ1n) is 12.6. The van der Waals surface area contributed by atoms with Gasteiger partial charge in [-0.1, -0.05) is 96.2 Å². The maximum Gasteiger partial charge on any atom is 0.187 e. The maximum atomic E-state index is 6.23. The van der Waals surface area contributed by atoms with Gasteiger partial charge in [-0.05, 0) is 31.4 Å². The molecule has 1 aromatic heterocycles. The molecule has 182 valence electrons. The number of unbranched alkanes of at least 4 members (excludes halogenated alkanes) is 5. The van der Waals surface area contributed by atoms with Gasteiger partial charge in [0.05, 0.1) is 5.69 Å². The normalized spacial score (nSPS) is 15.0. The van der Waals surface area contributed by atoms with Crippen LogP contribution < -0.4 is 10.1 Å². The van der Waals surface area contributed by atoms with Gasteiger partial charge in [0.25, 0.3) is 0 Å². The number of thiazole rings is 1. The number of ether oxygens (including phenoxy) is 1. The van der Waals surface area contributed by atoms with E-state index < -0.39 is 0 Å². The summed E-state index contributed by atoms with van der Waals surface area (Å²) in [5.74, 6) is 1.02. The van der Waals surface area contributed by atoms with Crippen molar-refractivity contribution in [1.29, 1.82) is 0 Å². The van der Waals surface area contributed by atoms with Crippen LogP contribution in [0.4, 0.5) is 10.8 Å². The molecule has 1 unspecified atom stereocenters. The molecule has 3 nitrogen and oxygen atoms in total. The molecule has 2 aromatic rings. The molecular weight excluding hydrogens is 424 g/mol. The van der Waals surface area contributed by atoms with Gasteiger partial charge >= 0.3 is 0 Å². The number of anilines is 2. The van der Waals surface area contributed by atoms with Crippen LogP contribution in [-0.4, -0.2) is 11.1 Å². The number of benzene rings is 1. The lowest BCUT2D eigenvalue weighted by Crippen LogP contribution is -2.12. The zero-order valence-electron chi connectivity index (χ0n) is 21.0. The van der Waals surface area contributed by atoms with Crippen molar-refractivity contribution >= 4 is 27.7 Å². The predicted octanol–water partition coefficient (Wildman–Crippen LogP) is 9.75. The first kappa shape index (κ1) is 26.9. The van der Waals surface area contributed by atoms with Crippen LogP contribution >= 0.6 is 11.3 Å². The zero-order chi connectivity index (χ0) is 23.9. The third kappa shape index (κ3) is 9.21. The largest absolute Gasteiger partial charge is 0.490 e. The molecule has 3 rings (SSSR count). The summed E-state index contributed by atoms with van der Waals surface area (Å²) in [5, 5.41) is 6.35. The van der Waals surface area contributed by atoms with Crippen LogP contribution in [0.15, 0.2) is 54.5 Å². The Kier molecular flexibility index (Phi) is 12.6. The summed E-state index contributed by atoms with van der Waals surface area (Å²) in [6, 6.07) is 6.43. The predicted molar refractivity (Wildman–Crippen MR) is 149 cm³/mol. The van der Waals surface area contributed by atoms with Crippen LogP contribution in [0.1, 0.15) is 91.7 Å². The lowest BCUT2D eigenvalue weighted by atomic mass is 10.0. The highest BCUT2D eigenvalue weighted by Gasteiger charge is 2.22. The Morgan fingerprint density at radius 1 is 1.21 bits per heavy atom. The Morgan fingerprint density at radius 2 is 1.97 bits per heavy atom. The molecule has 33 heavy (non-hydrogen) atoms. The van der Waals surface area contributed by atoms with Gasteiger partial charge in [0, 0.05) is 30.6 Å². The Hall–Kier alpha value is -2.33. The van der Waals surface area contributed by atoms with Gasteiger partial charge in [0.15, 0.2) is 5.13 Å². The summed E-state index contributed by atoms with van der Waals surface area (Å²) < 4.78 is 6.23. The third-order valence-electron chi connectivity index (χ3n) is 5.43. The molecule has 4 heteroatoms. The first-order chi connectivity index (χ1) is 16.1. The minimum absolute atomic E-state index is 0. The van der Waals surface area contributed by atoms with E-state index in [0.717, 1.165) is 40.7 Å². The molecule has 2 heterocycles. The highest BCUT2D eigenvalue weighted by molar-refractivity contribution is 7.13. The second kappa shape index (κ2) is 15.5. The fourth-order valence-electron chi connectivity index (χ4n) is 3.74. The molecule has 1 N–H and O–H groups in total. The quantitative estimate of drug-likeness (QED) is 0.248. The van der Waals surface area contributed by atoms with Crippen molar-refractivity contribution in [3.63, 3.8) is 0 Å². The third-order valence-corrected chi connectivity index (χ3v) is 6.19. The molecule has 0 radical (unpaired) electrons. The molecule has 0 aliphatic carbocycles. The minimum Gasteiger partial charge on any atom is -0.490 e. The number of aromatic nitrogens is 1. The monoisotopic (exact) mass is 468 g/mol.